The van der Waals surface area contributed by atoms with Gasteiger partial charge in [0.1, 0.15) is 5.82 Å². The number of aromatic nitrogens is 3. The molecule has 0 unspecified atom stereocenters. The zero-order valence-electron chi connectivity index (χ0n) is 15.3. The maximum Gasteiger partial charge on any atom is 0.122 e. The van der Waals surface area contributed by atoms with E-state index in [0.717, 1.165) is 13.1 Å². The molecule has 1 spiro atoms. The maximum absolute atomic E-state index is 4.51. The van der Waals surface area contributed by atoms with E-state index in [0.29, 0.717) is 5.41 Å². The van der Waals surface area contributed by atoms with Crippen LogP contribution in [0.25, 0.3) is 0 Å². The van der Waals surface area contributed by atoms with Crippen molar-refractivity contribution < 1.29 is 0 Å². The lowest BCUT2D eigenvalue weighted by Crippen LogP contribution is -2.49. The van der Waals surface area contributed by atoms with Crippen molar-refractivity contribution >= 4 is 0 Å². The minimum absolute atomic E-state index is 0.519. The standard InChI is InChI=1S/C20H29N5/c1-23-14-10-22-19(23)16-24-12-7-20(8-13-24)6-4-11-25(17-20)15-18-5-2-3-9-21-18/h2-3,5,9-10,14H,4,6-8,11-13,15-17H2,1H3. The van der Waals surface area contributed by atoms with E-state index in [9.17, 15) is 0 Å². The van der Waals surface area contributed by atoms with Crippen LogP contribution in [-0.4, -0.2) is 50.5 Å². The monoisotopic (exact) mass is 339 g/mol. The number of hydrogen-bond acceptors (Lipinski definition) is 4. The SMILES string of the molecule is Cn1ccnc1CN1CCC2(CCCN(Cc3ccccn3)C2)CC1. The normalized spacial score (nSPS) is 21.6. The molecule has 0 saturated carbocycles. The Hall–Kier alpha value is -1.72. The van der Waals surface area contributed by atoms with Gasteiger partial charge < -0.3 is 4.57 Å². The van der Waals surface area contributed by atoms with Gasteiger partial charge in [-0.25, -0.2) is 4.98 Å². The number of likely N-dealkylation sites (tertiary alicyclic amines) is 2. The number of aryl methyl sites for hydroxylation is 1. The van der Waals surface area contributed by atoms with Crippen molar-refractivity contribution in [2.75, 3.05) is 26.2 Å². The highest BCUT2D eigenvalue weighted by Gasteiger charge is 2.38. The molecule has 0 aromatic carbocycles. The molecular formula is C20H29N5. The largest absolute Gasteiger partial charge is 0.337 e. The highest BCUT2D eigenvalue weighted by atomic mass is 15.2. The van der Waals surface area contributed by atoms with Crippen LogP contribution in [0.2, 0.25) is 0 Å². The van der Waals surface area contributed by atoms with Gasteiger partial charge >= 0.3 is 0 Å². The Morgan fingerprint density at radius 1 is 0.960 bits per heavy atom. The van der Waals surface area contributed by atoms with Gasteiger partial charge in [0.25, 0.3) is 0 Å². The fourth-order valence-electron chi connectivity index (χ4n) is 4.51. The first-order valence-electron chi connectivity index (χ1n) is 9.53. The predicted molar refractivity (Wildman–Crippen MR) is 98.9 cm³/mol. The average molecular weight is 339 g/mol. The Morgan fingerprint density at radius 2 is 1.84 bits per heavy atom. The molecule has 0 bridgehead atoms. The summed E-state index contributed by atoms with van der Waals surface area (Å²) in [5.74, 6) is 1.18. The van der Waals surface area contributed by atoms with Gasteiger partial charge in [-0.15, -0.1) is 0 Å². The minimum atomic E-state index is 0.519. The van der Waals surface area contributed by atoms with Crippen LogP contribution >= 0.6 is 0 Å². The first-order chi connectivity index (χ1) is 12.2. The summed E-state index contributed by atoms with van der Waals surface area (Å²) >= 11 is 0. The fraction of sp³-hybridized carbons (Fsp3) is 0.600. The summed E-state index contributed by atoms with van der Waals surface area (Å²) in [7, 11) is 2.09. The van der Waals surface area contributed by atoms with Crippen LogP contribution < -0.4 is 0 Å². The second kappa shape index (κ2) is 7.26. The van der Waals surface area contributed by atoms with Crippen molar-refractivity contribution in [3.8, 4) is 0 Å². The van der Waals surface area contributed by atoms with Gasteiger partial charge in [-0.3, -0.25) is 14.8 Å². The molecule has 5 heteroatoms. The van der Waals surface area contributed by atoms with E-state index in [1.807, 2.05) is 24.7 Å². The lowest BCUT2D eigenvalue weighted by atomic mass is 9.72. The molecule has 0 N–H and O–H groups in total. The van der Waals surface area contributed by atoms with Crippen LogP contribution in [-0.2, 0) is 20.1 Å². The summed E-state index contributed by atoms with van der Waals surface area (Å²) in [6.07, 6.45) is 11.2. The van der Waals surface area contributed by atoms with E-state index < -0.39 is 0 Å². The van der Waals surface area contributed by atoms with E-state index in [4.69, 9.17) is 0 Å². The van der Waals surface area contributed by atoms with Crippen LogP contribution in [0.1, 0.15) is 37.2 Å². The summed E-state index contributed by atoms with van der Waals surface area (Å²) in [6.45, 7) is 6.83. The fourth-order valence-corrected chi connectivity index (χ4v) is 4.51. The molecule has 0 aliphatic carbocycles. The van der Waals surface area contributed by atoms with E-state index in [-0.39, 0.29) is 0 Å². The van der Waals surface area contributed by atoms with Crippen LogP contribution in [0.3, 0.4) is 0 Å². The number of hydrogen-bond donors (Lipinski definition) is 0. The molecule has 25 heavy (non-hydrogen) atoms. The van der Waals surface area contributed by atoms with Crippen molar-refractivity contribution in [1.82, 2.24) is 24.3 Å². The van der Waals surface area contributed by atoms with Crippen LogP contribution in [0, 0.1) is 5.41 Å². The van der Waals surface area contributed by atoms with Gasteiger partial charge in [0, 0.05) is 38.7 Å². The molecule has 0 amide bonds. The predicted octanol–water partition coefficient (Wildman–Crippen LogP) is 2.69. The third-order valence-electron chi connectivity index (χ3n) is 6.05. The van der Waals surface area contributed by atoms with Crippen molar-refractivity contribution in [1.29, 1.82) is 0 Å². The van der Waals surface area contributed by atoms with E-state index in [2.05, 4.69) is 43.5 Å². The number of pyridine rings is 1. The Morgan fingerprint density at radius 3 is 2.56 bits per heavy atom. The summed E-state index contributed by atoms with van der Waals surface area (Å²) < 4.78 is 2.14. The lowest BCUT2D eigenvalue weighted by Gasteiger charge is -2.47. The van der Waals surface area contributed by atoms with E-state index in [1.54, 1.807) is 0 Å². The second-order valence-electron chi connectivity index (χ2n) is 7.87. The number of imidazole rings is 1. The third kappa shape index (κ3) is 3.93. The quantitative estimate of drug-likeness (QED) is 0.858. The Labute approximate surface area is 150 Å². The highest BCUT2D eigenvalue weighted by molar-refractivity contribution is 5.04. The Bertz CT molecular complexity index is 672. The van der Waals surface area contributed by atoms with Crippen LogP contribution in [0.4, 0.5) is 0 Å². The van der Waals surface area contributed by atoms with E-state index >= 15 is 0 Å². The molecule has 4 rings (SSSR count). The van der Waals surface area contributed by atoms with Crippen LogP contribution in [0.5, 0.6) is 0 Å². The van der Waals surface area contributed by atoms with E-state index in [1.165, 1.54) is 63.4 Å². The molecule has 2 fully saturated rings. The summed E-state index contributed by atoms with van der Waals surface area (Å²) in [4.78, 5) is 14.2. The van der Waals surface area contributed by atoms with Crippen LogP contribution in [0.15, 0.2) is 36.8 Å². The summed E-state index contributed by atoms with van der Waals surface area (Å²) in [6, 6.07) is 6.24. The zero-order valence-corrected chi connectivity index (χ0v) is 15.3. The number of nitrogens with zero attached hydrogens (tertiary/aromatic N) is 5. The van der Waals surface area contributed by atoms with Gasteiger partial charge in [0.05, 0.1) is 12.2 Å². The highest BCUT2D eigenvalue weighted by Crippen LogP contribution is 2.40. The van der Waals surface area contributed by atoms with Gasteiger partial charge in [0.15, 0.2) is 0 Å². The topological polar surface area (TPSA) is 37.2 Å². The molecular weight excluding hydrogens is 310 g/mol. The molecule has 134 valence electrons. The first-order valence-corrected chi connectivity index (χ1v) is 9.53. The molecule has 2 aromatic heterocycles. The molecule has 5 nitrogen and oxygen atoms in total. The van der Waals surface area contributed by atoms with Gasteiger partial charge in [-0.2, -0.15) is 0 Å². The molecule has 2 saturated heterocycles. The number of rotatable bonds is 4. The van der Waals surface area contributed by atoms with Gasteiger partial charge in [0.2, 0.25) is 0 Å². The van der Waals surface area contributed by atoms with Gasteiger partial charge in [-0.1, -0.05) is 6.07 Å². The van der Waals surface area contributed by atoms with Crippen molar-refractivity contribution in [2.24, 2.45) is 12.5 Å². The van der Waals surface area contributed by atoms with Crippen molar-refractivity contribution in [2.45, 2.75) is 38.8 Å². The third-order valence-corrected chi connectivity index (χ3v) is 6.05. The smallest absolute Gasteiger partial charge is 0.122 e. The van der Waals surface area contributed by atoms with Crippen molar-refractivity contribution in [3.63, 3.8) is 0 Å². The molecule has 0 radical (unpaired) electrons. The average Bonchev–Trinajstić information content (AvgIpc) is 3.03. The summed E-state index contributed by atoms with van der Waals surface area (Å²) in [5.41, 5.74) is 1.72. The van der Waals surface area contributed by atoms with Gasteiger partial charge in [-0.05, 0) is 62.9 Å². The Balaban J connectivity index is 1.33. The first kappa shape index (κ1) is 16.7. The molecule has 2 aliphatic heterocycles. The number of piperidine rings is 2. The Kier molecular flexibility index (Phi) is 4.86. The molecule has 0 atom stereocenters. The minimum Gasteiger partial charge on any atom is -0.337 e. The molecule has 2 aromatic rings. The maximum atomic E-state index is 4.51. The molecule has 2 aliphatic rings. The molecule has 4 heterocycles. The summed E-state index contributed by atoms with van der Waals surface area (Å²) in [5, 5.41) is 0. The zero-order chi connectivity index (χ0) is 17.1. The van der Waals surface area contributed by atoms with Crippen molar-refractivity contribution in [3.05, 3.63) is 48.3 Å². The second-order valence-corrected chi connectivity index (χ2v) is 7.87. The lowest BCUT2D eigenvalue weighted by molar-refractivity contribution is 0.0173.